The van der Waals surface area contributed by atoms with Gasteiger partial charge in [-0.3, -0.25) is 0 Å². The first-order valence-electron chi connectivity index (χ1n) is 8.31. The number of hydrogen-bond acceptors (Lipinski definition) is 6. The summed E-state index contributed by atoms with van der Waals surface area (Å²) < 4.78 is 22.0. The monoisotopic (exact) mass is 356 g/mol. The molecule has 0 spiro atoms. The molecule has 1 fully saturated rings. The van der Waals surface area contributed by atoms with E-state index in [0.29, 0.717) is 11.1 Å². The van der Waals surface area contributed by atoms with E-state index in [0.717, 1.165) is 0 Å². The number of rotatable bonds is 5. The van der Waals surface area contributed by atoms with E-state index in [9.17, 15) is 9.59 Å². The fourth-order valence-electron chi connectivity index (χ4n) is 2.79. The predicted octanol–water partition coefficient (Wildman–Crippen LogP) is 2.48. The van der Waals surface area contributed by atoms with Gasteiger partial charge in [0.2, 0.25) is 0 Å². The zero-order chi connectivity index (χ0) is 18.4. The third-order valence-corrected chi connectivity index (χ3v) is 4.11. The Morgan fingerprint density at radius 3 is 1.62 bits per heavy atom. The lowest BCUT2D eigenvalue weighted by atomic mass is 10.1. The SMILES string of the molecule is COC1[C@@H](OC(=O)c2ccccc2)COC[C@H]1OC(=O)c1ccccc1. The van der Waals surface area contributed by atoms with Gasteiger partial charge >= 0.3 is 11.9 Å². The van der Waals surface area contributed by atoms with Gasteiger partial charge in [-0.25, -0.2) is 9.59 Å². The lowest BCUT2D eigenvalue weighted by molar-refractivity contribution is -0.165. The van der Waals surface area contributed by atoms with Gasteiger partial charge in [-0.05, 0) is 24.3 Å². The molecule has 0 aromatic heterocycles. The van der Waals surface area contributed by atoms with E-state index in [-0.39, 0.29) is 13.2 Å². The zero-order valence-corrected chi connectivity index (χ0v) is 14.4. The molecule has 0 N–H and O–H groups in total. The highest BCUT2D eigenvalue weighted by atomic mass is 16.6. The van der Waals surface area contributed by atoms with Crippen LogP contribution in [0.2, 0.25) is 0 Å². The van der Waals surface area contributed by atoms with Gasteiger partial charge in [-0.1, -0.05) is 36.4 Å². The largest absolute Gasteiger partial charge is 0.453 e. The Kier molecular flexibility index (Phi) is 5.99. The summed E-state index contributed by atoms with van der Waals surface area (Å²) >= 11 is 0. The van der Waals surface area contributed by atoms with Crippen LogP contribution >= 0.6 is 0 Å². The van der Waals surface area contributed by atoms with E-state index >= 15 is 0 Å². The maximum absolute atomic E-state index is 12.3. The molecule has 1 heterocycles. The Hall–Kier alpha value is -2.70. The lowest BCUT2D eigenvalue weighted by Gasteiger charge is -2.35. The second-order valence-electron chi connectivity index (χ2n) is 5.86. The van der Waals surface area contributed by atoms with Crippen molar-refractivity contribution in [2.24, 2.45) is 0 Å². The topological polar surface area (TPSA) is 71.1 Å². The van der Waals surface area contributed by atoms with E-state index in [4.69, 9.17) is 18.9 Å². The molecule has 3 rings (SSSR count). The Bertz CT molecular complexity index is 669. The first-order chi connectivity index (χ1) is 12.7. The average molecular weight is 356 g/mol. The van der Waals surface area contributed by atoms with Gasteiger partial charge in [0.1, 0.15) is 6.10 Å². The molecule has 1 aliphatic rings. The number of carbonyl (C=O) groups excluding carboxylic acids is 2. The number of ether oxygens (including phenoxy) is 4. The van der Waals surface area contributed by atoms with Gasteiger partial charge in [-0.15, -0.1) is 0 Å². The first kappa shape index (κ1) is 18.1. The minimum Gasteiger partial charge on any atom is -0.453 e. The predicted molar refractivity (Wildman–Crippen MR) is 92.9 cm³/mol. The van der Waals surface area contributed by atoms with Crippen LogP contribution in [0.5, 0.6) is 0 Å². The van der Waals surface area contributed by atoms with Gasteiger partial charge in [0.25, 0.3) is 0 Å². The van der Waals surface area contributed by atoms with E-state index < -0.39 is 30.3 Å². The minimum atomic E-state index is -0.671. The number of benzene rings is 2. The van der Waals surface area contributed by atoms with E-state index in [1.54, 1.807) is 48.5 Å². The van der Waals surface area contributed by atoms with Gasteiger partial charge in [0, 0.05) is 7.11 Å². The van der Waals surface area contributed by atoms with Crippen LogP contribution in [0.1, 0.15) is 20.7 Å². The van der Waals surface area contributed by atoms with Crippen LogP contribution in [0.3, 0.4) is 0 Å². The second kappa shape index (κ2) is 8.60. The highest BCUT2D eigenvalue weighted by Gasteiger charge is 2.39. The van der Waals surface area contributed by atoms with E-state index in [1.165, 1.54) is 7.11 Å². The van der Waals surface area contributed by atoms with Crippen molar-refractivity contribution in [2.75, 3.05) is 20.3 Å². The van der Waals surface area contributed by atoms with Crippen LogP contribution in [-0.2, 0) is 18.9 Å². The summed E-state index contributed by atoms with van der Waals surface area (Å²) in [5, 5.41) is 0. The van der Waals surface area contributed by atoms with Crippen molar-refractivity contribution in [3.05, 3.63) is 71.8 Å². The van der Waals surface area contributed by atoms with Crippen LogP contribution in [-0.4, -0.2) is 50.6 Å². The van der Waals surface area contributed by atoms with Crippen LogP contribution in [0, 0.1) is 0 Å². The van der Waals surface area contributed by atoms with Crippen molar-refractivity contribution in [3.8, 4) is 0 Å². The Balaban J connectivity index is 1.66. The van der Waals surface area contributed by atoms with E-state index in [1.807, 2.05) is 12.1 Å². The van der Waals surface area contributed by atoms with Crippen molar-refractivity contribution < 1.29 is 28.5 Å². The molecular formula is C20H20O6. The Labute approximate surface area is 151 Å². The van der Waals surface area contributed by atoms with Crippen LogP contribution in [0.25, 0.3) is 0 Å². The van der Waals surface area contributed by atoms with Crippen molar-refractivity contribution in [3.63, 3.8) is 0 Å². The van der Waals surface area contributed by atoms with E-state index in [2.05, 4.69) is 0 Å². The van der Waals surface area contributed by atoms with Gasteiger partial charge in [0.05, 0.1) is 24.3 Å². The molecule has 6 nitrogen and oxygen atoms in total. The van der Waals surface area contributed by atoms with Crippen LogP contribution < -0.4 is 0 Å². The molecule has 0 saturated carbocycles. The van der Waals surface area contributed by atoms with Crippen LogP contribution in [0.15, 0.2) is 60.7 Å². The summed E-state index contributed by atoms with van der Waals surface area (Å²) in [6.45, 7) is 0.354. The minimum absolute atomic E-state index is 0.177. The molecule has 0 aliphatic carbocycles. The molecule has 2 aromatic rings. The normalized spacial score (nSPS) is 22.4. The third kappa shape index (κ3) is 4.28. The van der Waals surface area contributed by atoms with Gasteiger partial charge in [-0.2, -0.15) is 0 Å². The summed E-state index contributed by atoms with van der Waals surface area (Å²) in [7, 11) is 1.49. The number of esters is 2. The Morgan fingerprint density at radius 2 is 1.23 bits per heavy atom. The molecule has 1 aliphatic heterocycles. The van der Waals surface area contributed by atoms with Crippen molar-refractivity contribution in [1.29, 1.82) is 0 Å². The summed E-state index contributed by atoms with van der Waals surface area (Å²) in [6, 6.07) is 17.3. The maximum atomic E-state index is 12.3. The highest BCUT2D eigenvalue weighted by Crippen LogP contribution is 2.20. The molecule has 0 amide bonds. The second-order valence-corrected chi connectivity index (χ2v) is 5.86. The zero-order valence-electron chi connectivity index (χ0n) is 14.4. The van der Waals surface area contributed by atoms with Crippen molar-refractivity contribution >= 4 is 11.9 Å². The fraction of sp³-hybridized carbons (Fsp3) is 0.300. The molecule has 0 radical (unpaired) electrons. The number of methoxy groups -OCH3 is 1. The standard InChI is InChI=1S/C20H20O6/c1-23-18-16(25-19(21)14-8-4-2-5-9-14)12-24-13-17(18)26-20(22)15-10-6-3-7-11-15/h2-11,16-18H,12-13H2,1H3/t16-,17+,18?. The summed E-state index contributed by atoms with van der Waals surface area (Å²) in [4.78, 5) is 24.6. The van der Waals surface area contributed by atoms with Crippen molar-refractivity contribution in [1.82, 2.24) is 0 Å². The lowest BCUT2D eigenvalue weighted by Crippen LogP contribution is -2.52. The highest BCUT2D eigenvalue weighted by molar-refractivity contribution is 5.90. The summed E-state index contributed by atoms with van der Waals surface area (Å²) in [6.07, 6.45) is -1.95. The molecule has 1 saturated heterocycles. The summed E-state index contributed by atoms with van der Waals surface area (Å²) in [5.74, 6) is -0.951. The molecule has 1 unspecified atom stereocenters. The van der Waals surface area contributed by atoms with Crippen LogP contribution in [0.4, 0.5) is 0 Å². The first-order valence-corrected chi connectivity index (χ1v) is 8.31. The van der Waals surface area contributed by atoms with Gasteiger partial charge in [0.15, 0.2) is 12.2 Å². The molecule has 3 atom stereocenters. The number of carbonyl (C=O) groups is 2. The van der Waals surface area contributed by atoms with Gasteiger partial charge < -0.3 is 18.9 Å². The third-order valence-electron chi connectivity index (χ3n) is 4.11. The Morgan fingerprint density at radius 1 is 0.808 bits per heavy atom. The summed E-state index contributed by atoms with van der Waals surface area (Å²) in [5.41, 5.74) is 0.872. The molecule has 136 valence electrons. The molecular weight excluding hydrogens is 336 g/mol. The molecule has 2 aromatic carbocycles. The quantitative estimate of drug-likeness (QED) is 0.767. The fourth-order valence-corrected chi connectivity index (χ4v) is 2.79. The molecule has 6 heteroatoms. The molecule has 26 heavy (non-hydrogen) atoms. The van der Waals surface area contributed by atoms with Crippen molar-refractivity contribution in [2.45, 2.75) is 18.3 Å². The smallest absolute Gasteiger partial charge is 0.338 e. The maximum Gasteiger partial charge on any atom is 0.338 e. The average Bonchev–Trinajstić information content (AvgIpc) is 2.69. The number of hydrogen-bond donors (Lipinski definition) is 0. The molecule has 0 bridgehead atoms.